The van der Waals surface area contributed by atoms with Gasteiger partial charge in [0.1, 0.15) is 0 Å². The van der Waals surface area contributed by atoms with Crippen LogP contribution >= 0.6 is 0 Å². The van der Waals surface area contributed by atoms with Crippen LogP contribution in [0, 0.1) is 17.8 Å². The molecule has 0 aliphatic heterocycles. The lowest BCUT2D eigenvalue weighted by molar-refractivity contribution is 0.202. The lowest BCUT2D eigenvalue weighted by Gasteiger charge is -2.34. The molecule has 0 nitrogen and oxygen atoms in total. The molecule has 0 aromatic carbocycles. The Hall–Kier alpha value is -0.780. The second-order valence-corrected chi connectivity index (χ2v) is 8.33. The van der Waals surface area contributed by atoms with Gasteiger partial charge >= 0.3 is 0 Å². The second-order valence-electron chi connectivity index (χ2n) is 8.33. The zero-order valence-electron chi connectivity index (χ0n) is 17.4. The minimum absolute atomic E-state index is 0.828. The molecule has 1 unspecified atom stereocenters. The van der Waals surface area contributed by atoms with Crippen LogP contribution in [0.3, 0.4) is 0 Å². The van der Waals surface area contributed by atoms with Gasteiger partial charge in [0.15, 0.2) is 0 Å². The van der Waals surface area contributed by atoms with E-state index < -0.39 is 0 Å². The summed E-state index contributed by atoms with van der Waals surface area (Å²) >= 11 is 0. The van der Waals surface area contributed by atoms with E-state index in [1.165, 1.54) is 74.5 Å². The fourth-order valence-corrected chi connectivity index (χ4v) is 4.35. The maximum Gasteiger partial charge on any atom is -0.0203 e. The van der Waals surface area contributed by atoms with Crippen molar-refractivity contribution in [2.24, 2.45) is 17.8 Å². The highest BCUT2D eigenvalue weighted by Crippen LogP contribution is 2.39. The minimum atomic E-state index is 0.828. The summed E-state index contributed by atoms with van der Waals surface area (Å²) in [6, 6.07) is 0. The van der Waals surface area contributed by atoms with Gasteiger partial charge in [-0.05, 0) is 96.8 Å². The van der Waals surface area contributed by atoms with E-state index in [0.29, 0.717) is 0 Å². The smallest absolute Gasteiger partial charge is 0.0203 e. The molecule has 0 bridgehead atoms. The fraction of sp³-hybridized carbons (Fsp3) is 0.750. The Labute approximate surface area is 152 Å². The Morgan fingerprint density at radius 2 is 1.67 bits per heavy atom. The zero-order valence-corrected chi connectivity index (χ0v) is 17.4. The van der Waals surface area contributed by atoms with E-state index in [4.69, 9.17) is 0 Å². The molecule has 0 saturated heterocycles. The van der Waals surface area contributed by atoms with Crippen molar-refractivity contribution >= 4 is 0 Å². The molecule has 1 saturated carbocycles. The summed E-state index contributed by atoms with van der Waals surface area (Å²) in [7, 11) is 0. The maximum atomic E-state index is 4.05. The molecule has 1 atom stereocenters. The van der Waals surface area contributed by atoms with Crippen LogP contribution in [0.15, 0.2) is 34.9 Å². The van der Waals surface area contributed by atoms with E-state index in [0.717, 1.165) is 17.8 Å². The van der Waals surface area contributed by atoms with E-state index in [-0.39, 0.29) is 0 Å². The number of rotatable bonds is 9. The molecule has 1 rings (SSSR count). The SMILES string of the molecule is C=C(C)CCCC(CC)C1CCC(/C(C)=C/C(C)=C(\C)CC)CC1. The largest absolute Gasteiger partial charge is 0.100 e. The molecule has 24 heavy (non-hydrogen) atoms. The van der Waals surface area contributed by atoms with E-state index in [9.17, 15) is 0 Å². The molecule has 0 heteroatoms. The minimum Gasteiger partial charge on any atom is -0.100 e. The van der Waals surface area contributed by atoms with Crippen molar-refractivity contribution < 1.29 is 0 Å². The highest BCUT2D eigenvalue weighted by molar-refractivity contribution is 5.26. The van der Waals surface area contributed by atoms with E-state index in [2.05, 4.69) is 54.2 Å². The third-order valence-corrected chi connectivity index (χ3v) is 6.43. The van der Waals surface area contributed by atoms with Crippen LogP contribution in [-0.2, 0) is 0 Å². The fourth-order valence-electron chi connectivity index (χ4n) is 4.35. The molecule has 0 aromatic rings. The average Bonchev–Trinajstić information content (AvgIpc) is 2.57. The van der Waals surface area contributed by atoms with Gasteiger partial charge in [0.05, 0.1) is 0 Å². The van der Waals surface area contributed by atoms with E-state index in [1.54, 1.807) is 5.57 Å². The van der Waals surface area contributed by atoms with Gasteiger partial charge in [-0.2, -0.15) is 0 Å². The summed E-state index contributed by atoms with van der Waals surface area (Å²) in [6.45, 7) is 17.8. The quantitative estimate of drug-likeness (QED) is 0.295. The molecular formula is C24H42. The van der Waals surface area contributed by atoms with Crippen molar-refractivity contribution in [3.8, 4) is 0 Å². The zero-order chi connectivity index (χ0) is 18.1. The van der Waals surface area contributed by atoms with Crippen molar-refractivity contribution in [2.45, 2.75) is 99.3 Å². The van der Waals surface area contributed by atoms with Crippen molar-refractivity contribution in [1.82, 2.24) is 0 Å². The third-order valence-electron chi connectivity index (χ3n) is 6.43. The summed E-state index contributed by atoms with van der Waals surface area (Å²) in [5, 5.41) is 0. The van der Waals surface area contributed by atoms with Gasteiger partial charge in [-0.15, -0.1) is 6.58 Å². The molecular weight excluding hydrogens is 288 g/mol. The molecule has 0 aromatic heterocycles. The monoisotopic (exact) mass is 330 g/mol. The van der Waals surface area contributed by atoms with Crippen LogP contribution in [-0.4, -0.2) is 0 Å². The van der Waals surface area contributed by atoms with Gasteiger partial charge in [0.25, 0.3) is 0 Å². The van der Waals surface area contributed by atoms with Crippen molar-refractivity contribution in [3.63, 3.8) is 0 Å². The lowest BCUT2D eigenvalue weighted by atomic mass is 9.71. The Morgan fingerprint density at radius 1 is 1.04 bits per heavy atom. The van der Waals surface area contributed by atoms with Crippen LogP contribution in [0.1, 0.15) is 99.3 Å². The summed E-state index contributed by atoms with van der Waals surface area (Å²) in [5.74, 6) is 2.74. The predicted octanol–water partition coefficient (Wildman–Crippen LogP) is 8.26. The normalized spacial score (nSPS) is 24.5. The molecule has 0 amide bonds. The third kappa shape index (κ3) is 6.99. The number of hydrogen-bond donors (Lipinski definition) is 0. The van der Waals surface area contributed by atoms with Crippen molar-refractivity contribution in [3.05, 3.63) is 34.9 Å². The highest BCUT2D eigenvalue weighted by Gasteiger charge is 2.27. The summed E-state index contributed by atoms with van der Waals surface area (Å²) in [5.41, 5.74) is 5.99. The van der Waals surface area contributed by atoms with Crippen LogP contribution in [0.25, 0.3) is 0 Å². The summed E-state index contributed by atoms with van der Waals surface area (Å²) in [4.78, 5) is 0. The summed E-state index contributed by atoms with van der Waals surface area (Å²) in [6.07, 6.45) is 14.7. The first-order valence-electron chi connectivity index (χ1n) is 10.4. The molecule has 138 valence electrons. The van der Waals surface area contributed by atoms with Crippen LogP contribution in [0.4, 0.5) is 0 Å². The second kappa shape index (κ2) is 11.0. The first-order valence-corrected chi connectivity index (χ1v) is 10.4. The first kappa shape index (κ1) is 21.3. The van der Waals surface area contributed by atoms with Crippen LogP contribution in [0.2, 0.25) is 0 Å². The highest BCUT2D eigenvalue weighted by atomic mass is 14.3. The molecule has 0 radical (unpaired) electrons. The number of hydrogen-bond acceptors (Lipinski definition) is 0. The molecule has 0 spiro atoms. The van der Waals surface area contributed by atoms with Gasteiger partial charge in [0, 0.05) is 0 Å². The molecule has 0 N–H and O–H groups in total. The van der Waals surface area contributed by atoms with Gasteiger partial charge in [-0.3, -0.25) is 0 Å². The molecule has 1 fully saturated rings. The Morgan fingerprint density at radius 3 is 2.17 bits per heavy atom. The van der Waals surface area contributed by atoms with Gasteiger partial charge in [-0.25, -0.2) is 0 Å². The summed E-state index contributed by atoms with van der Waals surface area (Å²) < 4.78 is 0. The van der Waals surface area contributed by atoms with Gasteiger partial charge < -0.3 is 0 Å². The standard InChI is InChI=1S/C24H42/c1-8-19(5)20(6)17-21(7)23-13-15-24(16-14-23)22(9-2)12-10-11-18(3)4/h17,22-24H,3,8-16H2,1-2,4-7H3/b20-19+,21-17+. The maximum absolute atomic E-state index is 4.05. The van der Waals surface area contributed by atoms with Crippen LogP contribution in [0.5, 0.6) is 0 Å². The molecule has 1 aliphatic rings. The number of allylic oxidation sites excluding steroid dienone is 5. The Bertz CT molecular complexity index is 441. The molecule has 0 heterocycles. The predicted molar refractivity (Wildman–Crippen MR) is 110 cm³/mol. The lowest BCUT2D eigenvalue weighted by Crippen LogP contribution is -2.22. The van der Waals surface area contributed by atoms with Gasteiger partial charge in [-0.1, -0.05) is 48.6 Å². The van der Waals surface area contributed by atoms with Crippen LogP contribution < -0.4 is 0 Å². The molecule has 1 aliphatic carbocycles. The van der Waals surface area contributed by atoms with Gasteiger partial charge in [0.2, 0.25) is 0 Å². The Balaban J connectivity index is 2.52. The first-order chi connectivity index (χ1) is 11.4. The Kier molecular flexibility index (Phi) is 9.71. The van der Waals surface area contributed by atoms with Crippen molar-refractivity contribution in [2.75, 3.05) is 0 Å². The topological polar surface area (TPSA) is 0 Å². The average molecular weight is 331 g/mol. The van der Waals surface area contributed by atoms with E-state index in [1.807, 2.05) is 0 Å². The van der Waals surface area contributed by atoms with E-state index >= 15 is 0 Å². The van der Waals surface area contributed by atoms with Crippen molar-refractivity contribution in [1.29, 1.82) is 0 Å².